The zero-order valence-corrected chi connectivity index (χ0v) is 11.0. The fourth-order valence-electron chi connectivity index (χ4n) is 2.60. The summed E-state index contributed by atoms with van der Waals surface area (Å²) in [6.07, 6.45) is 4.79. The van der Waals surface area contributed by atoms with Crippen molar-refractivity contribution in [1.82, 2.24) is 4.90 Å². The van der Waals surface area contributed by atoms with Crippen molar-refractivity contribution in [2.24, 2.45) is 11.8 Å². The van der Waals surface area contributed by atoms with E-state index < -0.39 is 0 Å². The van der Waals surface area contributed by atoms with Gasteiger partial charge in [0.1, 0.15) is 0 Å². The lowest BCUT2D eigenvalue weighted by Gasteiger charge is -2.30. The summed E-state index contributed by atoms with van der Waals surface area (Å²) in [5.41, 5.74) is 1.25. The fourth-order valence-corrected chi connectivity index (χ4v) is 2.60. The minimum absolute atomic E-state index is 0.329. The second-order valence-corrected chi connectivity index (χ2v) is 5.80. The Morgan fingerprint density at radius 3 is 2.44 bits per heavy atom. The Morgan fingerprint density at radius 1 is 1.22 bits per heavy atom. The van der Waals surface area contributed by atoms with E-state index >= 15 is 0 Å². The molecule has 1 unspecified atom stereocenters. The van der Waals surface area contributed by atoms with Crippen molar-refractivity contribution >= 4 is 5.91 Å². The van der Waals surface area contributed by atoms with Gasteiger partial charge in [-0.15, -0.1) is 0 Å². The van der Waals surface area contributed by atoms with Crippen LogP contribution in [-0.4, -0.2) is 16.8 Å². The van der Waals surface area contributed by atoms with Gasteiger partial charge in [-0.3, -0.25) is 4.79 Å². The first-order chi connectivity index (χ1) is 8.75. The van der Waals surface area contributed by atoms with Gasteiger partial charge >= 0.3 is 0 Å². The summed E-state index contributed by atoms with van der Waals surface area (Å²) in [7, 11) is 0. The number of nitrogens with zero attached hydrogens (tertiary/aromatic N) is 1. The van der Waals surface area contributed by atoms with Gasteiger partial charge < -0.3 is 4.90 Å². The molecule has 1 aromatic rings. The third kappa shape index (κ3) is 2.58. The number of hydrogen-bond acceptors (Lipinski definition) is 1. The Balaban J connectivity index is 1.73. The Bertz CT molecular complexity index is 420. The van der Waals surface area contributed by atoms with Crippen LogP contribution in [0.25, 0.3) is 0 Å². The standard InChI is InChI=1S/C16H21NO/c1-12(14-7-8-14)17(16(18)15-9-10-15)11-13-5-3-2-4-6-13/h2-6,12,14-15H,7-11H2,1H3. The Hall–Kier alpha value is -1.31. The molecule has 0 aromatic heterocycles. The van der Waals surface area contributed by atoms with Gasteiger partial charge in [0.15, 0.2) is 0 Å². The SMILES string of the molecule is CC(C1CC1)N(Cc1ccccc1)C(=O)C1CC1. The van der Waals surface area contributed by atoms with Crippen LogP contribution in [0.5, 0.6) is 0 Å². The number of amides is 1. The first-order valence-electron chi connectivity index (χ1n) is 7.10. The summed E-state index contributed by atoms with van der Waals surface area (Å²) in [6, 6.07) is 10.8. The molecule has 2 saturated carbocycles. The molecule has 1 aromatic carbocycles. The van der Waals surface area contributed by atoms with Crippen molar-refractivity contribution in [2.75, 3.05) is 0 Å². The summed E-state index contributed by atoms with van der Waals surface area (Å²) in [5, 5.41) is 0. The molecule has 0 heterocycles. The maximum absolute atomic E-state index is 12.4. The van der Waals surface area contributed by atoms with E-state index in [4.69, 9.17) is 0 Å². The highest BCUT2D eigenvalue weighted by molar-refractivity contribution is 5.81. The number of carbonyl (C=O) groups excluding carboxylic acids is 1. The molecule has 0 radical (unpaired) electrons. The molecule has 2 aliphatic rings. The van der Waals surface area contributed by atoms with Gasteiger partial charge in [0, 0.05) is 18.5 Å². The van der Waals surface area contributed by atoms with E-state index in [-0.39, 0.29) is 0 Å². The van der Waals surface area contributed by atoms with Gasteiger partial charge in [0.25, 0.3) is 0 Å². The number of benzene rings is 1. The van der Waals surface area contributed by atoms with Crippen LogP contribution >= 0.6 is 0 Å². The van der Waals surface area contributed by atoms with E-state index in [2.05, 4.69) is 36.1 Å². The molecular formula is C16H21NO. The monoisotopic (exact) mass is 243 g/mol. The second kappa shape index (κ2) is 4.75. The molecular weight excluding hydrogens is 222 g/mol. The normalized spacial score (nSPS) is 20.5. The van der Waals surface area contributed by atoms with Crippen molar-refractivity contribution in [2.45, 2.75) is 45.2 Å². The number of hydrogen-bond donors (Lipinski definition) is 0. The molecule has 0 bridgehead atoms. The van der Waals surface area contributed by atoms with Crippen LogP contribution < -0.4 is 0 Å². The molecule has 0 N–H and O–H groups in total. The van der Waals surface area contributed by atoms with Crippen LogP contribution in [0.4, 0.5) is 0 Å². The van der Waals surface area contributed by atoms with E-state index in [1.165, 1.54) is 18.4 Å². The van der Waals surface area contributed by atoms with Crippen LogP contribution in [0.15, 0.2) is 30.3 Å². The topological polar surface area (TPSA) is 20.3 Å². The molecule has 0 saturated heterocycles. The quantitative estimate of drug-likeness (QED) is 0.777. The van der Waals surface area contributed by atoms with Gasteiger partial charge in [-0.1, -0.05) is 30.3 Å². The summed E-state index contributed by atoms with van der Waals surface area (Å²) in [6.45, 7) is 3.01. The highest BCUT2D eigenvalue weighted by atomic mass is 16.2. The predicted octanol–water partition coefficient (Wildman–Crippen LogP) is 3.22. The molecule has 0 spiro atoms. The first kappa shape index (κ1) is 11.8. The number of rotatable bonds is 5. The highest BCUT2D eigenvalue weighted by Gasteiger charge is 2.39. The van der Waals surface area contributed by atoms with Crippen molar-refractivity contribution in [3.63, 3.8) is 0 Å². The van der Waals surface area contributed by atoms with E-state index in [1.807, 2.05) is 6.07 Å². The molecule has 18 heavy (non-hydrogen) atoms. The second-order valence-electron chi connectivity index (χ2n) is 5.80. The molecule has 3 rings (SSSR count). The Morgan fingerprint density at radius 2 is 1.89 bits per heavy atom. The minimum atomic E-state index is 0.329. The third-order valence-corrected chi connectivity index (χ3v) is 4.20. The first-order valence-corrected chi connectivity index (χ1v) is 7.10. The van der Waals surface area contributed by atoms with E-state index in [9.17, 15) is 4.79 Å². The Labute approximate surface area is 109 Å². The van der Waals surface area contributed by atoms with Crippen LogP contribution in [-0.2, 0) is 11.3 Å². The van der Waals surface area contributed by atoms with Crippen molar-refractivity contribution < 1.29 is 4.79 Å². The van der Waals surface area contributed by atoms with Crippen molar-refractivity contribution in [3.8, 4) is 0 Å². The van der Waals surface area contributed by atoms with Gasteiger partial charge in [-0.25, -0.2) is 0 Å². The maximum Gasteiger partial charge on any atom is 0.226 e. The molecule has 0 aliphatic heterocycles. The zero-order chi connectivity index (χ0) is 12.5. The van der Waals surface area contributed by atoms with Gasteiger partial charge in [0.2, 0.25) is 5.91 Å². The minimum Gasteiger partial charge on any atom is -0.335 e. The molecule has 2 heteroatoms. The molecule has 2 nitrogen and oxygen atoms in total. The Kier molecular flexibility index (Phi) is 3.11. The molecule has 1 amide bonds. The lowest BCUT2D eigenvalue weighted by molar-refractivity contribution is -0.135. The van der Waals surface area contributed by atoms with Gasteiger partial charge in [-0.2, -0.15) is 0 Å². The van der Waals surface area contributed by atoms with E-state index in [0.29, 0.717) is 17.9 Å². The van der Waals surface area contributed by atoms with Crippen LogP contribution in [0, 0.1) is 11.8 Å². The van der Waals surface area contributed by atoms with Crippen LogP contribution in [0.3, 0.4) is 0 Å². The lowest BCUT2D eigenvalue weighted by atomic mass is 10.1. The highest BCUT2D eigenvalue weighted by Crippen LogP contribution is 2.39. The lowest BCUT2D eigenvalue weighted by Crippen LogP contribution is -2.40. The zero-order valence-electron chi connectivity index (χ0n) is 11.0. The maximum atomic E-state index is 12.4. The predicted molar refractivity (Wildman–Crippen MR) is 71.9 cm³/mol. The van der Waals surface area contributed by atoms with Crippen LogP contribution in [0.2, 0.25) is 0 Å². The van der Waals surface area contributed by atoms with E-state index in [1.54, 1.807) is 0 Å². The number of carbonyl (C=O) groups is 1. The van der Waals surface area contributed by atoms with Crippen molar-refractivity contribution in [3.05, 3.63) is 35.9 Å². The summed E-state index contributed by atoms with van der Waals surface area (Å²) < 4.78 is 0. The average Bonchev–Trinajstić information content (AvgIpc) is 3.28. The summed E-state index contributed by atoms with van der Waals surface area (Å²) in [5.74, 6) is 1.46. The van der Waals surface area contributed by atoms with Crippen molar-refractivity contribution in [1.29, 1.82) is 0 Å². The fraction of sp³-hybridized carbons (Fsp3) is 0.562. The van der Waals surface area contributed by atoms with E-state index in [0.717, 1.165) is 25.3 Å². The van der Waals surface area contributed by atoms with Crippen LogP contribution in [0.1, 0.15) is 38.2 Å². The van der Waals surface area contributed by atoms with Gasteiger partial charge in [0.05, 0.1) is 0 Å². The summed E-state index contributed by atoms with van der Waals surface area (Å²) >= 11 is 0. The molecule has 1 atom stereocenters. The largest absolute Gasteiger partial charge is 0.335 e. The smallest absolute Gasteiger partial charge is 0.226 e. The molecule has 2 aliphatic carbocycles. The molecule has 2 fully saturated rings. The average molecular weight is 243 g/mol. The van der Waals surface area contributed by atoms with Gasteiger partial charge in [-0.05, 0) is 44.1 Å². The third-order valence-electron chi connectivity index (χ3n) is 4.20. The summed E-state index contributed by atoms with van der Waals surface area (Å²) in [4.78, 5) is 14.5. The molecule has 96 valence electrons.